The second kappa shape index (κ2) is 7.94. The SMILES string of the molecule is CCC1(CC)CCN(CC2CCC(CNCC(C)C)O2)C1. The lowest BCUT2D eigenvalue weighted by Crippen LogP contribution is -2.34. The van der Waals surface area contributed by atoms with Crippen LogP contribution in [0.25, 0.3) is 0 Å². The normalized spacial score (nSPS) is 29.6. The highest BCUT2D eigenvalue weighted by Crippen LogP contribution is 2.37. The van der Waals surface area contributed by atoms with Gasteiger partial charge in [0, 0.05) is 19.6 Å². The Morgan fingerprint density at radius 3 is 2.52 bits per heavy atom. The lowest BCUT2D eigenvalue weighted by atomic mass is 9.82. The molecule has 2 atom stereocenters. The van der Waals surface area contributed by atoms with E-state index in [4.69, 9.17) is 4.74 Å². The number of hydrogen-bond acceptors (Lipinski definition) is 3. The first-order valence-electron chi connectivity index (χ1n) is 9.15. The lowest BCUT2D eigenvalue weighted by molar-refractivity contribution is 0.0252. The summed E-state index contributed by atoms with van der Waals surface area (Å²) in [7, 11) is 0. The minimum atomic E-state index is 0.443. The van der Waals surface area contributed by atoms with Gasteiger partial charge in [0.05, 0.1) is 12.2 Å². The van der Waals surface area contributed by atoms with Gasteiger partial charge in [-0.2, -0.15) is 0 Å². The molecule has 2 rings (SSSR count). The van der Waals surface area contributed by atoms with E-state index in [2.05, 4.69) is 37.9 Å². The third-order valence-corrected chi connectivity index (χ3v) is 5.60. The number of hydrogen-bond donors (Lipinski definition) is 1. The Labute approximate surface area is 131 Å². The van der Waals surface area contributed by atoms with Gasteiger partial charge in [-0.3, -0.25) is 0 Å². The van der Waals surface area contributed by atoms with Gasteiger partial charge in [0.25, 0.3) is 0 Å². The van der Waals surface area contributed by atoms with Crippen molar-refractivity contribution in [3.05, 3.63) is 0 Å². The number of ether oxygens (including phenoxy) is 1. The van der Waals surface area contributed by atoms with E-state index in [0.29, 0.717) is 17.6 Å². The first-order valence-corrected chi connectivity index (χ1v) is 9.15. The monoisotopic (exact) mass is 296 g/mol. The summed E-state index contributed by atoms with van der Waals surface area (Å²) in [4.78, 5) is 2.65. The van der Waals surface area contributed by atoms with Crippen LogP contribution >= 0.6 is 0 Å². The Hall–Kier alpha value is -0.120. The van der Waals surface area contributed by atoms with Crippen LogP contribution in [0.3, 0.4) is 0 Å². The van der Waals surface area contributed by atoms with Gasteiger partial charge >= 0.3 is 0 Å². The van der Waals surface area contributed by atoms with Gasteiger partial charge in [-0.1, -0.05) is 27.7 Å². The van der Waals surface area contributed by atoms with Crippen molar-refractivity contribution in [1.82, 2.24) is 10.2 Å². The second-order valence-corrected chi connectivity index (χ2v) is 7.70. The molecule has 21 heavy (non-hydrogen) atoms. The van der Waals surface area contributed by atoms with Crippen LogP contribution in [-0.2, 0) is 4.74 Å². The molecule has 0 aromatic heterocycles. The number of nitrogens with one attached hydrogen (secondary N) is 1. The molecule has 2 aliphatic heterocycles. The Morgan fingerprint density at radius 2 is 1.90 bits per heavy atom. The zero-order valence-corrected chi connectivity index (χ0v) is 14.7. The molecular weight excluding hydrogens is 260 g/mol. The first kappa shape index (κ1) is 17.2. The molecule has 0 radical (unpaired) electrons. The fraction of sp³-hybridized carbons (Fsp3) is 1.00. The molecule has 2 aliphatic rings. The fourth-order valence-electron chi connectivity index (χ4n) is 3.90. The molecular formula is C18H36N2O. The average Bonchev–Trinajstić information content (AvgIpc) is 3.07. The summed E-state index contributed by atoms with van der Waals surface area (Å²) < 4.78 is 6.24. The van der Waals surface area contributed by atoms with Gasteiger partial charge in [-0.25, -0.2) is 0 Å². The molecule has 0 spiro atoms. The maximum absolute atomic E-state index is 6.24. The summed E-state index contributed by atoms with van der Waals surface area (Å²) in [5, 5.41) is 3.53. The standard InChI is InChI=1S/C18H36N2O/c1-5-18(6-2)9-10-20(14-18)13-17-8-7-16(21-17)12-19-11-15(3)4/h15-17,19H,5-14H2,1-4H3. The molecule has 0 amide bonds. The van der Waals surface area contributed by atoms with Gasteiger partial charge < -0.3 is 15.0 Å². The van der Waals surface area contributed by atoms with Crippen molar-refractivity contribution >= 4 is 0 Å². The molecule has 3 heteroatoms. The Balaban J connectivity index is 1.67. The summed E-state index contributed by atoms with van der Waals surface area (Å²) in [6.45, 7) is 15.1. The third-order valence-electron chi connectivity index (χ3n) is 5.60. The highest BCUT2D eigenvalue weighted by atomic mass is 16.5. The number of nitrogens with zero attached hydrogens (tertiary/aromatic N) is 1. The van der Waals surface area contributed by atoms with Crippen molar-refractivity contribution in [2.75, 3.05) is 32.7 Å². The maximum atomic E-state index is 6.24. The van der Waals surface area contributed by atoms with Crippen molar-refractivity contribution < 1.29 is 4.74 Å². The molecule has 1 N–H and O–H groups in total. The number of rotatable bonds is 8. The molecule has 2 saturated heterocycles. The fourth-order valence-corrected chi connectivity index (χ4v) is 3.90. The second-order valence-electron chi connectivity index (χ2n) is 7.70. The summed E-state index contributed by atoms with van der Waals surface area (Å²) in [6, 6.07) is 0. The Bertz CT molecular complexity index is 302. The summed E-state index contributed by atoms with van der Waals surface area (Å²) in [5.41, 5.74) is 0.594. The van der Waals surface area contributed by atoms with Crippen LogP contribution in [0.1, 0.15) is 59.8 Å². The smallest absolute Gasteiger partial charge is 0.0707 e. The van der Waals surface area contributed by atoms with Gasteiger partial charge in [0.2, 0.25) is 0 Å². The van der Waals surface area contributed by atoms with Gasteiger partial charge in [0.15, 0.2) is 0 Å². The van der Waals surface area contributed by atoms with Gasteiger partial charge in [-0.05, 0) is 56.5 Å². The zero-order chi connectivity index (χ0) is 15.3. The van der Waals surface area contributed by atoms with Crippen molar-refractivity contribution in [3.63, 3.8) is 0 Å². The van der Waals surface area contributed by atoms with Crippen molar-refractivity contribution in [3.8, 4) is 0 Å². The van der Waals surface area contributed by atoms with E-state index in [0.717, 1.165) is 25.6 Å². The Morgan fingerprint density at radius 1 is 1.19 bits per heavy atom. The minimum Gasteiger partial charge on any atom is -0.372 e. The van der Waals surface area contributed by atoms with Crippen LogP contribution in [-0.4, -0.2) is 49.8 Å². The minimum absolute atomic E-state index is 0.443. The topological polar surface area (TPSA) is 24.5 Å². The maximum Gasteiger partial charge on any atom is 0.0707 e. The lowest BCUT2D eigenvalue weighted by Gasteiger charge is -2.27. The number of likely N-dealkylation sites (tertiary alicyclic amines) is 1. The molecule has 2 fully saturated rings. The van der Waals surface area contributed by atoms with Gasteiger partial charge in [-0.15, -0.1) is 0 Å². The van der Waals surface area contributed by atoms with E-state index < -0.39 is 0 Å². The molecule has 0 bridgehead atoms. The predicted octanol–water partition coefficient (Wildman–Crippen LogP) is 3.29. The molecule has 0 aromatic carbocycles. The predicted molar refractivity (Wildman–Crippen MR) is 89.7 cm³/mol. The Kier molecular flexibility index (Phi) is 6.51. The highest BCUT2D eigenvalue weighted by Gasteiger charge is 2.36. The zero-order valence-electron chi connectivity index (χ0n) is 14.7. The summed E-state index contributed by atoms with van der Waals surface area (Å²) in [6.07, 6.45) is 7.43. The summed E-state index contributed by atoms with van der Waals surface area (Å²) in [5.74, 6) is 0.725. The van der Waals surface area contributed by atoms with Crippen LogP contribution in [0.5, 0.6) is 0 Å². The summed E-state index contributed by atoms with van der Waals surface area (Å²) >= 11 is 0. The van der Waals surface area contributed by atoms with E-state index >= 15 is 0 Å². The van der Waals surface area contributed by atoms with Crippen LogP contribution in [0.4, 0.5) is 0 Å². The largest absolute Gasteiger partial charge is 0.372 e. The van der Waals surface area contributed by atoms with Crippen molar-refractivity contribution in [2.24, 2.45) is 11.3 Å². The molecule has 124 valence electrons. The highest BCUT2D eigenvalue weighted by molar-refractivity contribution is 4.89. The van der Waals surface area contributed by atoms with E-state index in [1.54, 1.807) is 0 Å². The van der Waals surface area contributed by atoms with Crippen LogP contribution < -0.4 is 5.32 Å². The molecule has 0 aliphatic carbocycles. The van der Waals surface area contributed by atoms with E-state index in [-0.39, 0.29) is 0 Å². The molecule has 3 nitrogen and oxygen atoms in total. The quantitative estimate of drug-likeness (QED) is 0.744. The van der Waals surface area contributed by atoms with Crippen molar-refractivity contribution in [2.45, 2.75) is 72.0 Å². The van der Waals surface area contributed by atoms with Crippen LogP contribution in [0, 0.1) is 11.3 Å². The van der Waals surface area contributed by atoms with Gasteiger partial charge in [0.1, 0.15) is 0 Å². The van der Waals surface area contributed by atoms with E-state index in [9.17, 15) is 0 Å². The first-order chi connectivity index (χ1) is 10.1. The molecule has 2 unspecified atom stereocenters. The van der Waals surface area contributed by atoms with Crippen LogP contribution in [0.2, 0.25) is 0 Å². The average molecular weight is 296 g/mol. The van der Waals surface area contributed by atoms with E-state index in [1.165, 1.54) is 45.2 Å². The van der Waals surface area contributed by atoms with E-state index in [1.807, 2.05) is 0 Å². The van der Waals surface area contributed by atoms with Crippen LogP contribution in [0.15, 0.2) is 0 Å². The van der Waals surface area contributed by atoms with Crippen molar-refractivity contribution in [1.29, 1.82) is 0 Å². The molecule has 0 aromatic rings. The molecule has 0 saturated carbocycles. The third kappa shape index (κ3) is 4.94. The molecule has 2 heterocycles.